The van der Waals surface area contributed by atoms with Crippen LogP contribution in [0.15, 0.2) is 36.8 Å². The lowest BCUT2D eigenvalue weighted by atomic mass is 10.0. The minimum absolute atomic E-state index is 0.144. The van der Waals surface area contributed by atoms with Crippen LogP contribution >= 0.6 is 0 Å². The molecule has 2 N–H and O–H groups in total. The lowest BCUT2D eigenvalue weighted by Gasteiger charge is -2.20. The number of aryl methyl sites for hydroxylation is 1. The summed E-state index contributed by atoms with van der Waals surface area (Å²) in [6, 6.07) is 7.99. The van der Waals surface area contributed by atoms with Crippen LogP contribution in [0.1, 0.15) is 50.3 Å². The zero-order chi connectivity index (χ0) is 22.4. The van der Waals surface area contributed by atoms with Crippen LogP contribution in [0, 0.1) is 18.8 Å². The van der Waals surface area contributed by atoms with Crippen molar-refractivity contribution in [2.75, 3.05) is 6.61 Å². The number of rotatable bonds is 5. The van der Waals surface area contributed by atoms with Gasteiger partial charge >= 0.3 is 6.09 Å². The van der Waals surface area contributed by atoms with Gasteiger partial charge in [-0.3, -0.25) is 0 Å². The summed E-state index contributed by atoms with van der Waals surface area (Å²) in [5.41, 5.74) is 5.02. The van der Waals surface area contributed by atoms with E-state index >= 15 is 0 Å². The average molecular weight is 421 g/mol. The van der Waals surface area contributed by atoms with Crippen LogP contribution in [-0.4, -0.2) is 38.0 Å². The first-order valence-electron chi connectivity index (χ1n) is 10.3. The fraction of sp³-hybridized carbons (Fsp3) is 0.375. The second-order valence-corrected chi connectivity index (χ2v) is 8.29. The Hall–Kier alpha value is -3.37. The highest BCUT2D eigenvalue weighted by Gasteiger charge is 2.16. The molecular weight excluding hydrogens is 392 g/mol. The molecule has 7 heteroatoms. The van der Waals surface area contributed by atoms with Crippen LogP contribution in [0.5, 0.6) is 0 Å². The first-order chi connectivity index (χ1) is 14.8. The van der Waals surface area contributed by atoms with Crippen molar-refractivity contribution in [1.29, 1.82) is 0 Å². The van der Waals surface area contributed by atoms with Crippen LogP contribution < -0.4 is 5.32 Å². The first-order valence-corrected chi connectivity index (χ1v) is 10.3. The highest BCUT2D eigenvalue weighted by molar-refractivity contribution is 5.78. The summed E-state index contributed by atoms with van der Waals surface area (Å²) in [5, 5.41) is 16.0. The molecule has 0 fully saturated rings. The smallest absolute Gasteiger partial charge is 0.407 e. The molecule has 7 nitrogen and oxygen atoms in total. The lowest BCUT2D eigenvalue weighted by molar-refractivity contribution is 0.0523. The quantitative estimate of drug-likeness (QED) is 0.483. The fourth-order valence-corrected chi connectivity index (χ4v) is 3.08. The predicted molar refractivity (Wildman–Crippen MR) is 119 cm³/mol. The number of carbonyl (C=O) groups excluding carboxylic acids is 1. The molecule has 2 aromatic heterocycles. The normalized spacial score (nSPS) is 11.1. The molecule has 3 aromatic rings. The molecule has 1 aromatic carbocycles. The Morgan fingerprint density at radius 2 is 2.10 bits per heavy atom. The topological polar surface area (TPSA) is 88.8 Å². The number of alkyl carbamates (subject to hydrolysis) is 1. The minimum Gasteiger partial charge on any atom is -0.444 e. The summed E-state index contributed by atoms with van der Waals surface area (Å²) >= 11 is 0. The summed E-state index contributed by atoms with van der Waals surface area (Å²) in [5.74, 6) is 6.17. The molecule has 0 radical (unpaired) electrons. The van der Waals surface area contributed by atoms with Crippen molar-refractivity contribution in [2.24, 2.45) is 0 Å². The molecule has 3 rings (SSSR count). The Labute approximate surface area is 182 Å². The standard InChI is InChI=1S/C24H28N4O3/c1-17-12-19(9-10-20(17)14-25-23(30)31-24(2,3)4)22-21-13-18(8-6-5-7-11-29)15-28(21)27-16-26-22/h9-10,12-13,15-16,29H,5,7,11,14H2,1-4H3,(H,25,30). The molecule has 0 spiro atoms. The highest BCUT2D eigenvalue weighted by Crippen LogP contribution is 2.25. The molecule has 0 aliphatic rings. The molecule has 0 aliphatic heterocycles. The monoisotopic (exact) mass is 420 g/mol. The third-order valence-electron chi connectivity index (χ3n) is 4.54. The molecule has 0 saturated carbocycles. The molecule has 0 atom stereocenters. The molecule has 0 bridgehead atoms. The van der Waals surface area contributed by atoms with Crippen molar-refractivity contribution in [3.05, 3.63) is 53.5 Å². The predicted octanol–water partition coefficient (Wildman–Crippen LogP) is 3.85. The van der Waals surface area contributed by atoms with E-state index in [9.17, 15) is 4.79 Å². The van der Waals surface area contributed by atoms with Crippen LogP contribution in [0.4, 0.5) is 4.79 Å². The summed E-state index contributed by atoms with van der Waals surface area (Å²) in [7, 11) is 0. The van der Waals surface area contributed by atoms with E-state index < -0.39 is 11.7 Å². The number of amides is 1. The van der Waals surface area contributed by atoms with Gasteiger partial charge in [-0.25, -0.2) is 14.3 Å². The van der Waals surface area contributed by atoms with Crippen molar-refractivity contribution in [2.45, 2.75) is 52.7 Å². The zero-order valence-electron chi connectivity index (χ0n) is 18.4. The third-order valence-corrected chi connectivity index (χ3v) is 4.54. The molecule has 162 valence electrons. The van der Waals surface area contributed by atoms with Gasteiger partial charge in [-0.1, -0.05) is 24.0 Å². The van der Waals surface area contributed by atoms with E-state index in [2.05, 4.69) is 27.2 Å². The maximum absolute atomic E-state index is 11.9. The van der Waals surface area contributed by atoms with E-state index in [0.717, 1.165) is 33.5 Å². The van der Waals surface area contributed by atoms with Gasteiger partial charge in [0, 0.05) is 36.9 Å². The van der Waals surface area contributed by atoms with Gasteiger partial charge in [0.25, 0.3) is 0 Å². The van der Waals surface area contributed by atoms with Crippen LogP contribution in [0.25, 0.3) is 16.8 Å². The molecule has 0 aliphatic carbocycles. The number of hydrogen-bond donors (Lipinski definition) is 2. The number of nitrogens with zero attached hydrogens (tertiary/aromatic N) is 3. The van der Waals surface area contributed by atoms with Gasteiger partial charge in [0.15, 0.2) is 0 Å². The lowest BCUT2D eigenvalue weighted by Crippen LogP contribution is -2.32. The number of fused-ring (bicyclic) bond motifs is 1. The number of aromatic nitrogens is 3. The summed E-state index contributed by atoms with van der Waals surface area (Å²) in [6.07, 6.45) is 4.28. The van der Waals surface area contributed by atoms with Crippen molar-refractivity contribution in [3.8, 4) is 23.1 Å². The number of aliphatic hydroxyl groups excluding tert-OH is 1. The summed E-state index contributed by atoms with van der Waals surface area (Å²) < 4.78 is 7.06. The van der Waals surface area contributed by atoms with Crippen molar-refractivity contribution >= 4 is 11.6 Å². The molecule has 2 heterocycles. The third kappa shape index (κ3) is 6.06. The molecule has 0 unspecified atom stereocenters. The largest absolute Gasteiger partial charge is 0.444 e. The van der Waals surface area contributed by atoms with E-state index in [1.165, 1.54) is 6.33 Å². The van der Waals surface area contributed by atoms with Gasteiger partial charge in [-0.2, -0.15) is 5.10 Å². The van der Waals surface area contributed by atoms with Crippen molar-refractivity contribution in [3.63, 3.8) is 0 Å². The zero-order valence-corrected chi connectivity index (χ0v) is 18.4. The van der Waals surface area contributed by atoms with E-state index in [1.807, 2.05) is 58.2 Å². The maximum Gasteiger partial charge on any atom is 0.407 e. The number of benzene rings is 1. The van der Waals surface area contributed by atoms with Gasteiger partial charge in [-0.15, -0.1) is 0 Å². The van der Waals surface area contributed by atoms with E-state index in [4.69, 9.17) is 9.84 Å². The average Bonchev–Trinajstić information content (AvgIpc) is 3.12. The molecule has 31 heavy (non-hydrogen) atoms. The van der Waals surface area contributed by atoms with Crippen LogP contribution in [0.3, 0.4) is 0 Å². The number of carbonyl (C=O) groups is 1. The van der Waals surface area contributed by atoms with Crippen LogP contribution in [0.2, 0.25) is 0 Å². The van der Waals surface area contributed by atoms with Crippen molar-refractivity contribution < 1.29 is 14.6 Å². The Morgan fingerprint density at radius 3 is 2.81 bits per heavy atom. The highest BCUT2D eigenvalue weighted by atomic mass is 16.6. The Bertz CT molecular complexity index is 1130. The summed E-state index contributed by atoms with van der Waals surface area (Å²) in [4.78, 5) is 16.4. The number of ether oxygens (including phenoxy) is 1. The Kier molecular flexibility index (Phi) is 6.93. The number of aliphatic hydroxyl groups is 1. The van der Waals surface area contributed by atoms with E-state index in [0.29, 0.717) is 19.4 Å². The molecule has 0 saturated heterocycles. The Balaban J connectivity index is 1.79. The number of unbranched alkanes of at least 4 members (excludes halogenated alkanes) is 1. The molecule has 1 amide bonds. The van der Waals surface area contributed by atoms with Gasteiger partial charge in [0.1, 0.15) is 11.9 Å². The maximum atomic E-state index is 11.9. The van der Waals surface area contributed by atoms with Crippen molar-refractivity contribution in [1.82, 2.24) is 19.9 Å². The molecular formula is C24H28N4O3. The van der Waals surface area contributed by atoms with Crippen LogP contribution in [-0.2, 0) is 11.3 Å². The number of hydrogen-bond acceptors (Lipinski definition) is 5. The Morgan fingerprint density at radius 1 is 1.29 bits per heavy atom. The first kappa shape index (κ1) is 22.3. The van der Waals surface area contributed by atoms with Gasteiger partial charge in [0.05, 0.1) is 11.2 Å². The second kappa shape index (κ2) is 9.63. The minimum atomic E-state index is -0.527. The van der Waals surface area contributed by atoms with Gasteiger partial charge < -0.3 is 15.2 Å². The number of nitrogens with one attached hydrogen (secondary N) is 1. The fourth-order valence-electron chi connectivity index (χ4n) is 3.08. The SMILES string of the molecule is Cc1cc(-c2ncnn3cc(C#CCCCO)cc23)ccc1CNC(=O)OC(C)(C)C. The van der Waals surface area contributed by atoms with E-state index in [-0.39, 0.29) is 6.61 Å². The second-order valence-electron chi connectivity index (χ2n) is 8.29. The van der Waals surface area contributed by atoms with Gasteiger partial charge in [-0.05, 0) is 57.4 Å². The van der Waals surface area contributed by atoms with E-state index in [1.54, 1.807) is 4.52 Å². The van der Waals surface area contributed by atoms with Gasteiger partial charge in [0.2, 0.25) is 0 Å². The summed E-state index contributed by atoms with van der Waals surface area (Å²) in [6.45, 7) is 8.04.